The first kappa shape index (κ1) is 26.3. The molecule has 7 nitrogen and oxygen atoms in total. The fraction of sp³-hybridized carbons (Fsp3) is 0.464. The van der Waals surface area contributed by atoms with Gasteiger partial charge in [0.05, 0.1) is 29.2 Å². The highest BCUT2D eigenvalue weighted by atomic mass is 79.9. The molecule has 7 atom stereocenters. The van der Waals surface area contributed by atoms with Crippen molar-refractivity contribution in [1.29, 1.82) is 0 Å². The molecule has 0 radical (unpaired) electrons. The number of likely N-dealkylation sites (tertiary alicyclic amines) is 1. The zero-order valence-electron chi connectivity index (χ0n) is 20.7. The maximum Gasteiger partial charge on any atom is 0.244 e. The van der Waals surface area contributed by atoms with Crippen LogP contribution in [0.25, 0.3) is 0 Å². The van der Waals surface area contributed by atoms with Crippen LogP contribution in [-0.2, 0) is 20.9 Å². The van der Waals surface area contributed by atoms with Crippen LogP contribution in [0.2, 0.25) is 0 Å². The van der Waals surface area contributed by atoms with E-state index >= 15 is 0 Å². The molecule has 3 N–H and O–H groups in total. The minimum atomic E-state index is -0.815. The normalized spacial score (nSPS) is 30.7. The summed E-state index contributed by atoms with van der Waals surface area (Å²) in [7, 11) is 0. The number of nitrogens with one attached hydrogen (secondary N) is 2. The van der Waals surface area contributed by atoms with E-state index < -0.39 is 28.7 Å². The Morgan fingerprint density at radius 1 is 1.11 bits per heavy atom. The molecule has 3 unspecified atom stereocenters. The fourth-order valence-corrected chi connectivity index (χ4v) is 9.88. The van der Waals surface area contributed by atoms with E-state index in [0.717, 1.165) is 17.5 Å². The molecule has 5 rings (SSSR count). The van der Waals surface area contributed by atoms with Crippen molar-refractivity contribution in [3.8, 4) is 0 Å². The molecule has 37 heavy (non-hydrogen) atoms. The lowest BCUT2D eigenvalue weighted by molar-refractivity contribution is -0.143. The molecule has 2 bridgehead atoms. The summed E-state index contributed by atoms with van der Waals surface area (Å²) in [5.41, 5.74) is 1.72. The Kier molecular flexibility index (Phi) is 7.65. The van der Waals surface area contributed by atoms with Crippen molar-refractivity contribution in [3.63, 3.8) is 0 Å². The summed E-state index contributed by atoms with van der Waals surface area (Å²) in [6, 6.07) is 17.5. The fourth-order valence-electron chi connectivity index (χ4n) is 6.28. The van der Waals surface area contributed by atoms with Gasteiger partial charge in [-0.25, -0.2) is 0 Å². The zero-order chi connectivity index (χ0) is 26.2. The number of carbonyl (C=O) groups is 3. The van der Waals surface area contributed by atoms with Crippen molar-refractivity contribution < 1.29 is 19.5 Å². The average molecular weight is 587 g/mol. The minimum Gasteiger partial charge on any atom is -0.394 e. The second-order valence-electron chi connectivity index (χ2n) is 10.0. The number of nitrogens with zero attached hydrogens (tertiary/aromatic N) is 1. The van der Waals surface area contributed by atoms with Gasteiger partial charge in [-0.1, -0.05) is 83.5 Å². The van der Waals surface area contributed by atoms with E-state index in [9.17, 15) is 19.5 Å². The molecular weight excluding hydrogens is 554 g/mol. The monoisotopic (exact) mass is 585 g/mol. The van der Waals surface area contributed by atoms with Crippen LogP contribution in [0.1, 0.15) is 36.9 Å². The Morgan fingerprint density at radius 3 is 2.43 bits per heavy atom. The third kappa shape index (κ3) is 4.49. The highest BCUT2D eigenvalue weighted by Gasteiger charge is 2.76. The van der Waals surface area contributed by atoms with Crippen LogP contribution in [0, 0.1) is 11.8 Å². The standard InChI is InChI=1S/C28H32BrN3O4S/c1-2-13-30-25(34)21-22-27(36)32(20(16-33)18-11-7-4-8-12-18)24(28(22)14-19(29)23(21)37-28)26(35)31-15-17-9-5-3-6-10-17/h3-12,19-24,33H,2,13-16H2,1H3,(H,30,34)(H,31,35)/t19?,20-,21-,22+,23-,24?,28?/m1/s1. The number of alkyl halides is 1. The van der Waals surface area contributed by atoms with Crippen LogP contribution in [0.15, 0.2) is 60.7 Å². The summed E-state index contributed by atoms with van der Waals surface area (Å²) in [5.74, 6) is -1.77. The van der Waals surface area contributed by atoms with Crippen LogP contribution in [0.4, 0.5) is 0 Å². The summed E-state index contributed by atoms with van der Waals surface area (Å²) in [6.45, 7) is 2.55. The SMILES string of the molecule is CCCNC(=O)[C@H]1[C@@H]2SC3(CC2Br)C(C(=O)NCc2ccccc2)N([C@H](CO)c2ccccc2)C(=O)[C@H]13. The Morgan fingerprint density at radius 2 is 1.78 bits per heavy atom. The first-order chi connectivity index (χ1) is 17.9. The van der Waals surface area contributed by atoms with Gasteiger partial charge in [0.1, 0.15) is 6.04 Å². The second kappa shape index (κ2) is 10.8. The minimum absolute atomic E-state index is 0.00704. The predicted molar refractivity (Wildman–Crippen MR) is 147 cm³/mol. The summed E-state index contributed by atoms with van der Waals surface area (Å²) in [4.78, 5) is 43.2. The molecule has 0 aromatic heterocycles. The molecular formula is C28H32BrN3O4S. The molecule has 0 aliphatic carbocycles. The Hall–Kier alpha value is -2.36. The van der Waals surface area contributed by atoms with Gasteiger partial charge in [0.25, 0.3) is 0 Å². The lowest BCUT2D eigenvalue weighted by atomic mass is 9.70. The number of amides is 3. The van der Waals surface area contributed by atoms with Crippen molar-refractivity contribution in [2.24, 2.45) is 11.8 Å². The lowest BCUT2D eigenvalue weighted by Crippen LogP contribution is -2.55. The molecule has 3 heterocycles. The highest BCUT2D eigenvalue weighted by Crippen LogP contribution is 2.68. The summed E-state index contributed by atoms with van der Waals surface area (Å²) in [5, 5.41) is 16.5. The molecule has 3 saturated heterocycles. The van der Waals surface area contributed by atoms with Gasteiger partial charge in [-0.2, -0.15) is 0 Å². The number of hydrogen-bond donors (Lipinski definition) is 3. The van der Waals surface area contributed by atoms with Gasteiger partial charge in [-0.05, 0) is 24.0 Å². The van der Waals surface area contributed by atoms with Crippen molar-refractivity contribution in [2.75, 3.05) is 13.2 Å². The molecule has 3 aliphatic rings. The van der Waals surface area contributed by atoms with Gasteiger partial charge in [0, 0.05) is 23.2 Å². The smallest absolute Gasteiger partial charge is 0.244 e. The Balaban J connectivity index is 1.54. The number of halogens is 1. The van der Waals surface area contributed by atoms with E-state index in [1.807, 2.05) is 67.6 Å². The first-order valence-corrected chi connectivity index (χ1v) is 14.6. The Labute approximate surface area is 229 Å². The van der Waals surface area contributed by atoms with Gasteiger partial charge in [-0.3, -0.25) is 14.4 Å². The van der Waals surface area contributed by atoms with E-state index in [1.165, 1.54) is 0 Å². The molecule has 0 saturated carbocycles. The molecule has 196 valence electrons. The number of carbonyl (C=O) groups excluding carboxylic acids is 3. The summed E-state index contributed by atoms with van der Waals surface area (Å²) in [6.07, 6.45) is 1.40. The molecule has 3 aliphatic heterocycles. The molecule has 3 amide bonds. The number of thioether (sulfide) groups is 1. The number of fused-ring (bicyclic) bond motifs is 1. The van der Waals surface area contributed by atoms with Gasteiger partial charge in [0.2, 0.25) is 17.7 Å². The van der Waals surface area contributed by atoms with Crippen LogP contribution in [-0.4, -0.2) is 61.7 Å². The van der Waals surface area contributed by atoms with E-state index in [4.69, 9.17) is 0 Å². The zero-order valence-corrected chi connectivity index (χ0v) is 23.1. The van der Waals surface area contributed by atoms with Gasteiger partial charge in [0.15, 0.2) is 0 Å². The largest absolute Gasteiger partial charge is 0.394 e. The van der Waals surface area contributed by atoms with E-state index in [0.29, 0.717) is 19.5 Å². The van der Waals surface area contributed by atoms with E-state index in [2.05, 4.69) is 26.6 Å². The van der Waals surface area contributed by atoms with Crippen molar-refractivity contribution in [1.82, 2.24) is 15.5 Å². The molecule has 9 heteroatoms. The number of rotatable bonds is 9. The number of aliphatic hydroxyl groups is 1. The van der Waals surface area contributed by atoms with Crippen molar-refractivity contribution >= 4 is 45.4 Å². The maximum absolute atomic E-state index is 14.3. The number of benzene rings is 2. The molecule has 2 aromatic carbocycles. The second-order valence-corrected chi connectivity index (χ2v) is 12.7. The topological polar surface area (TPSA) is 98.7 Å². The summed E-state index contributed by atoms with van der Waals surface area (Å²) >= 11 is 5.39. The van der Waals surface area contributed by atoms with E-state index in [-0.39, 0.29) is 34.4 Å². The van der Waals surface area contributed by atoms with E-state index in [1.54, 1.807) is 16.7 Å². The Bertz CT molecular complexity index is 1150. The summed E-state index contributed by atoms with van der Waals surface area (Å²) < 4.78 is -0.757. The molecule has 3 fully saturated rings. The molecule has 2 aromatic rings. The van der Waals surface area contributed by atoms with Crippen LogP contribution < -0.4 is 10.6 Å². The van der Waals surface area contributed by atoms with Crippen LogP contribution in [0.5, 0.6) is 0 Å². The maximum atomic E-state index is 14.3. The highest BCUT2D eigenvalue weighted by molar-refractivity contribution is 9.09. The van der Waals surface area contributed by atoms with Gasteiger partial charge in [-0.15, -0.1) is 11.8 Å². The van der Waals surface area contributed by atoms with Crippen LogP contribution in [0.3, 0.4) is 0 Å². The third-order valence-electron chi connectivity index (χ3n) is 7.83. The quantitative estimate of drug-likeness (QED) is 0.393. The molecule has 1 spiro atoms. The van der Waals surface area contributed by atoms with Crippen molar-refractivity contribution in [3.05, 3.63) is 71.8 Å². The third-order valence-corrected chi connectivity index (χ3v) is 11.0. The van der Waals surface area contributed by atoms with Crippen molar-refractivity contribution in [2.45, 2.75) is 53.2 Å². The van der Waals surface area contributed by atoms with Gasteiger partial charge >= 0.3 is 0 Å². The van der Waals surface area contributed by atoms with Crippen LogP contribution >= 0.6 is 27.7 Å². The van der Waals surface area contributed by atoms with Gasteiger partial charge < -0.3 is 20.6 Å². The predicted octanol–water partition coefficient (Wildman–Crippen LogP) is 3.03. The number of hydrogen-bond acceptors (Lipinski definition) is 5. The average Bonchev–Trinajstić information content (AvgIpc) is 3.51. The lowest BCUT2D eigenvalue weighted by Gasteiger charge is -2.37. The number of aliphatic hydroxyl groups excluding tert-OH is 1. The first-order valence-electron chi connectivity index (χ1n) is 12.8.